The summed E-state index contributed by atoms with van der Waals surface area (Å²) in [6.45, 7) is 2.70. The number of hydrogen-bond acceptors (Lipinski definition) is 6. The highest BCUT2D eigenvalue weighted by atomic mass is 32.1. The first-order valence-electron chi connectivity index (χ1n) is 6.76. The van der Waals surface area contributed by atoms with Gasteiger partial charge in [0.25, 0.3) is 5.91 Å². The van der Waals surface area contributed by atoms with E-state index in [9.17, 15) is 4.79 Å². The summed E-state index contributed by atoms with van der Waals surface area (Å²) < 4.78 is 5.36. The molecular weight excluding hydrogens is 276 g/mol. The number of aromatic nitrogens is 1. The van der Waals surface area contributed by atoms with Gasteiger partial charge in [-0.15, -0.1) is 11.3 Å². The molecule has 1 fully saturated rings. The highest BCUT2D eigenvalue weighted by molar-refractivity contribution is 7.15. The van der Waals surface area contributed by atoms with Gasteiger partial charge in [0.15, 0.2) is 5.13 Å². The molecule has 2 aliphatic heterocycles. The molecule has 0 saturated carbocycles. The van der Waals surface area contributed by atoms with Crippen molar-refractivity contribution >= 4 is 22.4 Å². The molecule has 1 saturated heterocycles. The third-order valence-corrected chi connectivity index (χ3v) is 4.55. The predicted molar refractivity (Wildman–Crippen MR) is 74.3 cm³/mol. The van der Waals surface area contributed by atoms with Gasteiger partial charge >= 0.3 is 0 Å². The normalized spacial score (nSPS) is 22.2. The number of thiazole rings is 1. The lowest BCUT2D eigenvalue weighted by atomic mass is 10.2. The third-order valence-electron chi connectivity index (χ3n) is 3.56. The Morgan fingerprint density at radius 3 is 3.30 bits per heavy atom. The molecule has 3 rings (SSSR count). The standard InChI is InChI=1S/C13H16N4O2S/c14-4-6-17-5-3-9-11(8-17)20-13(15-9)16-12(18)10-2-1-7-19-10/h10H,1-3,5-8H2,(H,15,16,18). The van der Waals surface area contributed by atoms with Gasteiger partial charge in [-0.2, -0.15) is 5.26 Å². The second-order valence-corrected chi connectivity index (χ2v) is 6.08. The van der Waals surface area contributed by atoms with Gasteiger partial charge < -0.3 is 4.74 Å². The average Bonchev–Trinajstić information content (AvgIpc) is 3.06. The number of carbonyl (C=O) groups excluding carboxylic acids is 1. The van der Waals surface area contributed by atoms with Crippen molar-refractivity contribution in [1.82, 2.24) is 9.88 Å². The molecule has 0 aromatic carbocycles. The van der Waals surface area contributed by atoms with Gasteiger partial charge in [0.2, 0.25) is 0 Å². The molecule has 0 radical (unpaired) electrons. The largest absolute Gasteiger partial charge is 0.368 e. The highest BCUT2D eigenvalue weighted by Crippen LogP contribution is 2.28. The lowest BCUT2D eigenvalue weighted by Crippen LogP contribution is -2.30. The Kier molecular flexibility index (Phi) is 3.96. The van der Waals surface area contributed by atoms with Crippen LogP contribution in [0, 0.1) is 11.3 Å². The van der Waals surface area contributed by atoms with Crippen molar-refractivity contribution in [2.45, 2.75) is 31.9 Å². The zero-order valence-electron chi connectivity index (χ0n) is 11.1. The van der Waals surface area contributed by atoms with E-state index in [2.05, 4.69) is 21.3 Å². The molecule has 7 heteroatoms. The van der Waals surface area contributed by atoms with Gasteiger partial charge in [0.1, 0.15) is 6.10 Å². The number of ether oxygens (including phenoxy) is 1. The van der Waals surface area contributed by atoms with Crippen LogP contribution in [-0.4, -0.2) is 41.6 Å². The molecule has 1 aromatic heterocycles. The summed E-state index contributed by atoms with van der Waals surface area (Å²) in [6.07, 6.45) is 2.23. The van der Waals surface area contributed by atoms with E-state index in [0.717, 1.165) is 42.9 Å². The quantitative estimate of drug-likeness (QED) is 0.845. The predicted octanol–water partition coefficient (Wildman–Crippen LogP) is 1.14. The van der Waals surface area contributed by atoms with Gasteiger partial charge in [-0.05, 0) is 12.8 Å². The number of anilines is 1. The molecule has 106 valence electrons. The molecule has 1 aromatic rings. The highest BCUT2D eigenvalue weighted by Gasteiger charge is 2.26. The summed E-state index contributed by atoms with van der Waals surface area (Å²) in [5.41, 5.74) is 1.05. The minimum atomic E-state index is -0.328. The van der Waals surface area contributed by atoms with Gasteiger partial charge in [-0.1, -0.05) is 0 Å². The summed E-state index contributed by atoms with van der Waals surface area (Å²) in [5, 5.41) is 12.2. The van der Waals surface area contributed by atoms with Crippen LogP contribution in [0.3, 0.4) is 0 Å². The lowest BCUT2D eigenvalue weighted by Gasteiger charge is -2.22. The maximum atomic E-state index is 12.0. The van der Waals surface area contributed by atoms with Crippen molar-refractivity contribution in [3.8, 4) is 6.07 Å². The van der Waals surface area contributed by atoms with Crippen molar-refractivity contribution in [2.75, 3.05) is 25.0 Å². The number of nitrogens with one attached hydrogen (secondary N) is 1. The number of rotatable bonds is 3. The Labute approximate surface area is 121 Å². The molecule has 0 aliphatic carbocycles. The molecule has 0 bridgehead atoms. The Morgan fingerprint density at radius 2 is 2.55 bits per heavy atom. The van der Waals surface area contributed by atoms with Gasteiger partial charge in [-0.25, -0.2) is 4.98 Å². The van der Waals surface area contributed by atoms with Crippen molar-refractivity contribution in [2.24, 2.45) is 0 Å². The first kappa shape index (κ1) is 13.5. The van der Waals surface area contributed by atoms with Crippen LogP contribution in [0.4, 0.5) is 5.13 Å². The number of fused-ring (bicyclic) bond motifs is 1. The van der Waals surface area contributed by atoms with E-state index >= 15 is 0 Å². The van der Waals surface area contributed by atoms with Gasteiger partial charge in [-0.3, -0.25) is 15.0 Å². The summed E-state index contributed by atoms with van der Waals surface area (Å²) in [7, 11) is 0. The number of nitriles is 1. The van der Waals surface area contributed by atoms with Crippen LogP contribution in [0.15, 0.2) is 0 Å². The second-order valence-electron chi connectivity index (χ2n) is 5.00. The zero-order valence-corrected chi connectivity index (χ0v) is 11.9. The molecule has 1 amide bonds. The van der Waals surface area contributed by atoms with Crippen LogP contribution in [0.5, 0.6) is 0 Å². The summed E-state index contributed by atoms with van der Waals surface area (Å²) in [5.74, 6) is -0.0949. The van der Waals surface area contributed by atoms with E-state index in [1.165, 1.54) is 11.3 Å². The number of hydrogen-bond donors (Lipinski definition) is 1. The molecule has 1 unspecified atom stereocenters. The van der Waals surface area contributed by atoms with Gasteiger partial charge in [0.05, 0.1) is 18.3 Å². The van der Waals surface area contributed by atoms with Crippen LogP contribution in [0.1, 0.15) is 23.4 Å². The topological polar surface area (TPSA) is 78.3 Å². The fourth-order valence-electron chi connectivity index (χ4n) is 2.51. The van der Waals surface area contributed by atoms with Crippen LogP contribution in [0.2, 0.25) is 0 Å². The molecule has 1 atom stereocenters. The maximum Gasteiger partial charge on any atom is 0.255 e. The Balaban J connectivity index is 1.65. The van der Waals surface area contributed by atoms with Crippen molar-refractivity contribution in [3.63, 3.8) is 0 Å². The summed E-state index contributed by atoms with van der Waals surface area (Å²) in [4.78, 5) is 19.7. The second kappa shape index (κ2) is 5.87. The molecule has 1 N–H and O–H groups in total. The molecule has 3 heterocycles. The van der Waals surface area contributed by atoms with Crippen LogP contribution >= 0.6 is 11.3 Å². The molecular formula is C13H16N4O2S. The molecule has 20 heavy (non-hydrogen) atoms. The fraction of sp³-hybridized carbons (Fsp3) is 0.615. The van der Waals surface area contributed by atoms with E-state index in [4.69, 9.17) is 10.00 Å². The van der Waals surface area contributed by atoms with E-state index in [1.54, 1.807) is 0 Å². The van der Waals surface area contributed by atoms with E-state index in [0.29, 0.717) is 18.3 Å². The lowest BCUT2D eigenvalue weighted by molar-refractivity contribution is -0.124. The minimum Gasteiger partial charge on any atom is -0.368 e. The van der Waals surface area contributed by atoms with E-state index in [1.807, 2.05) is 0 Å². The van der Waals surface area contributed by atoms with Crippen LogP contribution < -0.4 is 5.32 Å². The van der Waals surface area contributed by atoms with Crippen molar-refractivity contribution in [3.05, 3.63) is 10.6 Å². The summed E-state index contributed by atoms with van der Waals surface area (Å²) in [6, 6.07) is 2.17. The Morgan fingerprint density at radius 1 is 1.65 bits per heavy atom. The van der Waals surface area contributed by atoms with Gasteiger partial charge in [0, 0.05) is 31.0 Å². The molecule has 6 nitrogen and oxygen atoms in total. The SMILES string of the molecule is N#CCN1CCc2nc(NC(=O)C3CCCO3)sc2C1. The van der Waals surface area contributed by atoms with E-state index < -0.39 is 0 Å². The zero-order chi connectivity index (χ0) is 13.9. The van der Waals surface area contributed by atoms with Crippen LogP contribution in [0.25, 0.3) is 0 Å². The summed E-state index contributed by atoms with van der Waals surface area (Å²) >= 11 is 1.50. The Hall–Kier alpha value is -1.49. The molecule has 2 aliphatic rings. The number of amides is 1. The first-order valence-corrected chi connectivity index (χ1v) is 7.58. The molecule has 0 spiro atoms. The van der Waals surface area contributed by atoms with Crippen molar-refractivity contribution < 1.29 is 9.53 Å². The smallest absolute Gasteiger partial charge is 0.255 e. The minimum absolute atomic E-state index is 0.0949. The van der Waals surface area contributed by atoms with Crippen LogP contribution in [-0.2, 0) is 22.5 Å². The number of carbonyl (C=O) groups is 1. The first-order chi connectivity index (χ1) is 9.76. The Bertz CT molecular complexity index is 545. The van der Waals surface area contributed by atoms with Crippen molar-refractivity contribution in [1.29, 1.82) is 5.26 Å². The van der Waals surface area contributed by atoms with E-state index in [-0.39, 0.29) is 12.0 Å². The third kappa shape index (κ3) is 2.82. The monoisotopic (exact) mass is 292 g/mol. The average molecular weight is 292 g/mol. The number of nitrogens with zero attached hydrogens (tertiary/aromatic N) is 3. The maximum absolute atomic E-state index is 12.0. The fourth-order valence-corrected chi connectivity index (χ4v) is 3.56.